The number of carbonyl (C=O) groups excluding carboxylic acids is 1. The van der Waals surface area contributed by atoms with Crippen LogP contribution in [-0.2, 0) is 11.3 Å². The van der Waals surface area contributed by atoms with Gasteiger partial charge in [-0.3, -0.25) is 9.69 Å². The number of likely N-dealkylation sites (tertiary alicyclic amines) is 1. The van der Waals surface area contributed by atoms with Crippen LogP contribution in [-0.4, -0.2) is 28.9 Å². The van der Waals surface area contributed by atoms with Gasteiger partial charge >= 0.3 is 0 Å². The third-order valence-corrected chi connectivity index (χ3v) is 5.39. The smallest absolute Gasteiger partial charge is 0.227 e. The first-order valence-corrected chi connectivity index (χ1v) is 9.75. The molecular formula is C20H21N3O2S. The zero-order valence-corrected chi connectivity index (χ0v) is 15.2. The molecule has 4 rings (SSSR count). The van der Waals surface area contributed by atoms with E-state index in [-0.39, 0.29) is 11.8 Å². The Balaban J connectivity index is 1.32. The van der Waals surface area contributed by atoms with Gasteiger partial charge in [0.05, 0.1) is 23.7 Å². The van der Waals surface area contributed by atoms with Gasteiger partial charge in [0, 0.05) is 34.7 Å². The summed E-state index contributed by atoms with van der Waals surface area (Å²) in [5.74, 6) is 0.182. The van der Waals surface area contributed by atoms with Gasteiger partial charge < -0.3 is 9.73 Å². The molecule has 2 aromatic heterocycles. The number of amides is 1. The molecule has 134 valence electrons. The van der Waals surface area contributed by atoms with Gasteiger partial charge in [0.25, 0.3) is 0 Å². The zero-order valence-electron chi connectivity index (χ0n) is 14.4. The topological polar surface area (TPSA) is 58.4 Å². The SMILES string of the molecule is O=C(Nc1cccc(-c2cscn2)c1)C1CCN(Cc2ccoc2)CC1. The van der Waals surface area contributed by atoms with E-state index in [4.69, 9.17) is 4.42 Å². The molecule has 0 atom stereocenters. The van der Waals surface area contributed by atoms with Gasteiger partial charge in [0.15, 0.2) is 0 Å². The Hall–Kier alpha value is -2.44. The highest BCUT2D eigenvalue weighted by atomic mass is 32.1. The minimum atomic E-state index is 0.0681. The van der Waals surface area contributed by atoms with E-state index in [9.17, 15) is 4.79 Å². The molecule has 0 unspecified atom stereocenters. The van der Waals surface area contributed by atoms with Crippen LogP contribution in [0.4, 0.5) is 5.69 Å². The van der Waals surface area contributed by atoms with Gasteiger partial charge in [0.2, 0.25) is 5.91 Å². The monoisotopic (exact) mass is 367 g/mol. The highest BCUT2D eigenvalue weighted by Gasteiger charge is 2.25. The Labute approximate surface area is 156 Å². The first-order valence-electron chi connectivity index (χ1n) is 8.81. The molecule has 1 N–H and O–H groups in total. The molecule has 0 radical (unpaired) electrons. The predicted octanol–water partition coefficient (Wildman–Crippen LogP) is 4.25. The summed E-state index contributed by atoms with van der Waals surface area (Å²) in [6, 6.07) is 9.88. The molecule has 6 heteroatoms. The fourth-order valence-electron chi connectivity index (χ4n) is 3.35. The van der Waals surface area contributed by atoms with E-state index in [2.05, 4.69) is 15.2 Å². The number of piperidine rings is 1. The second-order valence-corrected chi connectivity index (χ2v) is 7.34. The van der Waals surface area contributed by atoms with Crippen molar-refractivity contribution in [3.63, 3.8) is 0 Å². The Bertz CT molecular complexity index is 838. The maximum atomic E-state index is 12.6. The highest BCUT2D eigenvalue weighted by Crippen LogP contribution is 2.24. The maximum absolute atomic E-state index is 12.6. The molecule has 1 amide bonds. The number of thiazole rings is 1. The van der Waals surface area contributed by atoms with Crippen LogP contribution >= 0.6 is 11.3 Å². The van der Waals surface area contributed by atoms with Crippen molar-refractivity contribution in [2.24, 2.45) is 5.92 Å². The van der Waals surface area contributed by atoms with Crippen LogP contribution in [0.1, 0.15) is 18.4 Å². The average Bonchev–Trinajstić information content (AvgIpc) is 3.37. The van der Waals surface area contributed by atoms with Crippen molar-refractivity contribution in [2.75, 3.05) is 18.4 Å². The highest BCUT2D eigenvalue weighted by molar-refractivity contribution is 7.07. The number of aromatic nitrogens is 1. The van der Waals surface area contributed by atoms with Crippen LogP contribution in [0.25, 0.3) is 11.3 Å². The minimum absolute atomic E-state index is 0.0681. The van der Waals surface area contributed by atoms with Crippen molar-refractivity contribution in [1.82, 2.24) is 9.88 Å². The molecule has 0 spiro atoms. The molecule has 1 aliphatic rings. The van der Waals surface area contributed by atoms with Crippen molar-refractivity contribution in [3.8, 4) is 11.3 Å². The minimum Gasteiger partial charge on any atom is -0.472 e. The average molecular weight is 367 g/mol. The number of nitrogens with one attached hydrogen (secondary N) is 1. The van der Waals surface area contributed by atoms with E-state index >= 15 is 0 Å². The summed E-state index contributed by atoms with van der Waals surface area (Å²) in [7, 11) is 0. The molecule has 1 fully saturated rings. The summed E-state index contributed by atoms with van der Waals surface area (Å²) in [6.07, 6.45) is 5.26. The molecule has 1 aliphatic heterocycles. The number of anilines is 1. The van der Waals surface area contributed by atoms with Crippen molar-refractivity contribution in [2.45, 2.75) is 19.4 Å². The molecular weight excluding hydrogens is 346 g/mol. The van der Waals surface area contributed by atoms with Crippen LogP contribution in [0.3, 0.4) is 0 Å². The largest absolute Gasteiger partial charge is 0.472 e. The van der Waals surface area contributed by atoms with Crippen LogP contribution < -0.4 is 5.32 Å². The van der Waals surface area contributed by atoms with Crippen LogP contribution in [0, 0.1) is 5.92 Å². The Morgan fingerprint density at radius 1 is 1.31 bits per heavy atom. The molecule has 1 aromatic carbocycles. The van der Waals surface area contributed by atoms with Gasteiger partial charge in [-0.25, -0.2) is 4.98 Å². The van der Waals surface area contributed by atoms with E-state index in [1.165, 1.54) is 5.56 Å². The van der Waals surface area contributed by atoms with Crippen molar-refractivity contribution >= 4 is 22.9 Å². The molecule has 5 nitrogen and oxygen atoms in total. The number of hydrogen-bond donors (Lipinski definition) is 1. The lowest BCUT2D eigenvalue weighted by Crippen LogP contribution is -2.37. The summed E-state index contributed by atoms with van der Waals surface area (Å²) in [5, 5.41) is 5.09. The standard InChI is InChI=1S/C20H21N3O2S/c24-20(16-4-7-23(8-5-16)11-15-6-9-25-12-15)22-18-3-1-2-17(10-18)19-13-26-14-21-19/h1-3,6,9-10,12-14,16H,4-5,7-8,11H2,(H,22,24). The lowest BCUT2D eigenvalue weighted by molar-refractivity contribution is -0.121. The first-order chi connectivity index (χ1) is 12.8. The Kier molecular flexibility index (Phi) is 5.13. The van der Waals surface area contributed by atoms with E-state index < -0.39 is 0 Å². The second-order valence-electron chi connectivity index (χ2n) is 6.63. The van der Waals surface area contributed by atoms with Crippen LogP contribution in [0.15, 0.2) is 58.2 Å². The van der Waals surface area contributed by atoms with Crippen molar-refractivity contribution in [1.29, 1.82) is 0 Å². The van der Waals surface area contributed by atoms with Gasteiger partial charge in [-0.05, 0) is 44.1 Å². The molecule has 0 bridgehead atoms. The number of nitrogens with zero attached hydrogens (tertiary/aromatic N) is 2. The summed E-state index contributed by atoms with van der Waals surface area (Å²) in [5.41, 5.74) is 5.81. The van der Waals surface area contributed by atoms with E-state index in [1.807, 2.05) is 41.2 Å². The fourth-order valence-corrected chi connectivity index (χ4v) is 3.91. The zero-order chi connectivity index (χ0) is 17.8. The van der Waals surface area contributed by atoms with Crippen LogP contribution in [0.2, 0.25) is 0 Å². The molecule has 0 saturated carbocycles. The fraction of sp³-hybridized carbons (Fsp3) is 0.300. The normalized spacial score (nSPS) is 15.8. The molecule has 1 saturated heterocycles. The molecule has 3 aromatic rings. The summed E-state index contributed by atoms with van der Waals surface area (Å²) in [4.78, 5) is 19.3. The van der Waals surface area contributed by atoms with Gasteiger partial charge in [-0.1, -0.05) is 12.1 Å². The van der Waals surface area contributed by atoms with Crippen molar-refractivity contribution in [3.05, 3.63) is 59.3 Å². The summed E-state index contributed by atoms with van der Waals surface area (Å²) in [6.45, 7) is 2.75. The number of carbonyl (C=O) groups is 1. The maximum Gasteiger partial charge on any atom is 0.227 e. The second kappa shape index (κ2) is 7.85. The van der Waals surface area contributed by atoms with Crippen molar-refractivity contribution < 1.29 is 9.21 Å². The summed E-state index contributed by atoms with van der Waals surface area (Å²) >= 11 is 1.57. The summed E-state index contributed by atoms with van der Waals surface area (Å²) < 4.78 is 5.12. The molecule has 3 heterocycles. The molecule has 0 aliphatic carbocycles. The Morgan fingerprint density at radius 2 is 2.19 bits per heavy atom. The third kappa shape index (κ3) is 4.03. The van der Waals surface area contributed by atoms with Gasteiger partial charge in [-0.15, -0.1) is 11.3 Å². The first kappa shape index (κ1) is 17.0. The van der Waals surface area contributed by atoms with Crippen LogP contribution in [0.5, 0.6) is 0 Å². The quantitative estimate of drug-likeness (QED) is 0.732. The van der Waals surface area contributed by atoms with E-state index in [0.29, 0.717) is 0 Å². The predicted molar refractivity (Wildman–Crippen MR) is 103 cm³/mol. The lowest BCUT2D eigenvalue weighted by Gasteiger charge is -2.30. The third-order valence-electron chi connectivity index (χ3n) is 4.80. The number of benzene rings is 1. The molecule has 26 heavy (non-hydrogen) atoms. The number of hydrogen-bond acceptors (Lipinski definition) is 5. The number of rotatable bonds is 5. The van der Waals surface area contributed by atoms with Gasteiger partial charge in [-0.2, -0.15) is 0 Å². The Morgan fingerprint density at radius 3 is 2.92 bits per heavy atom. The number of furan rings is 1. The lowest BCUT2D eigenvalue weighted by atomic mass is 9.95. The van der Waals surface area contributed by atoms with Gasteiger partial charge in [0.1, 0.15) is 0 Å². The van der Waals surface area contributed by atoms with E-state index in [1.54, 1.807) is 23.9 Å². The van der Waals surface area contributed by atoms with E-state index in [0.717, 1.165) is 49.4 Å².